The van der Waals surface area contributed by atoms with E-state index in [1.807, 2.05) is 12.1 Å². The quantitative estimate of drug-likeness (QED) is 0.858. The van der Waals surface area contributed by atoms with Crippen molar-refractivity contribution in [1.29, 1.82) is 0 Å². The summed E-state index contributed by atoms with van der Waals surface area (Å²) in [6, 6.07) is 5.97. The molecule has 1 aliphatic heterocycles. The normalized spacial score (nSPS) is 18.9. The molecule has 1 atom stereocenters. The molecule has 0 spiro atoms. The van der Waals surface area contributed by atoms with E-state index >= 15 is 0 Å². The van der Waals surface area contributed by atoms with E-state index in [4.69, 9.17) is 9.47 Å². The molecule has 1 fully saturated rings. The third-order valence-corrected chi connectivity index (χ3v) is 4.60. The van der Waals surface area contributed by atoms with Gasteiger partial charge >= 0.3 is 0 Å². The molecule has 0 aromatic heterocycles. The average molecular weight is 267 g/mol. The molecule has 0 amide bonds. The van der Waals surface area contributed by atoms with E-state index < -0.39 is 0 Å². The van der Waals surface area contributed by atoms with Crippen molar-refractivity contribution in [2.45, 2.75) is 24.6 Å². The van der Waals surface area contributed by atoms with E-state index in [1.165, 1.54) is 24.2 Å². The maximum atomic E-state index is 5.39. The minimum Gasteiger partial charge on any atom is -0.497 e. The largest absolute Gasteiger partial charge is 0.497 e. The van der Waals surface area contributed by atoms with Gasteiger partial charge in [-0.2, -0.15) is 11.8 Å². The molecule has 0 bridgehead atoms. The lowest BCUT2D eigenvalue weighted by Crippen LogP contribution is -2.22. The van der Waals surface area contributed by atoms with Gasteiger partial charge in [-0.1, -0.05) is 6.07 Å². The van der Waals surface area contributed by atoms with E-state index in [0.29, 0.717) is 0 Å². The fourth-order valence-electron chi connectivity index (χ4n) is 2.17. The van der Waals surface area contributed by atoms with Gasteiger partial charge in [-0.15, -0.1) is 0 Å². The average Bonchev–Trinajstić information content (AvgIpc) is 2.92. The van der Waals surface area contributed by atoms with Crippen LogP contribution in [-0.2, 0) is 6.54 Å². The van der Waals surface area contributed by atoms with Crippen LogP contribution < -0.4 is 14.8 Å². The molecule has 0 saturated carbocycles. The smallest absolute Gasteiger partial charge is 0.127 e. The van der Waals surface area contributed by atoms with Gasteiger partial charge in [0.25, 0.3) is 0 Å². The highest BCUT2D eigenvalue weighted by Crippen LogP contribution is 2.26. The summed E-state index contributed by atoms with van der Waals surface area (Å²) in [6.07, 6.45) is 2.71. The van der Waals surface area contributed by atoms with Gasteiger partial charge in [0, 0.05) is 30.0 Å². The third kappa shape index (κ3) is 3.56. The van der Waals surface area contributed by atoms with Gasteiger partial charge in [-0.25, -0.2) is 0 Å². The Hall–Kier alpha value is -0.870. The van der Waals surface area contributed by atoms with Crippen LogP contribution in [0.1, 0.15) is 18.4 Å². The van der Waals surface area contributed by atoms with Crippen LogP contribution in [0.25, 0.3) is 0 Å². The Morgan fingerprint density at radius 3 is 2.89 bits per heavy atom. The maximum Gasteiger partial charge on any atom is 0.127 e. The SMILES string of the molecule is COc1ccc(CNCC2CCCS2)c(OC)c1. The lowest BCUT2D eigenvalue weighted by Gasteiger charge is -2.13. The zero-order valence-electron chi connectivity index (χ0n) is 11.1. The molecule has 0 radical (unpaired) electrons. The molecule has 2 rings (SSSR count). The first-order valence-corrected chi connectivity index (χ1v) is 7.41. The summed E-state index contributed by atoms with van der Waals surface area (Å²) >= 11 is 2.08. The van der Waals surface area contributed by atoms with E-state index in [2.05, 4.69) is 23.1 Å². The molecule has 1 unspecified atom stereocenters. The van der Waals surface area contributed by atoms with Gasteiger partial charge < -0.3 is 14.8 Å². The molecule has 18 heavy (non-hydrogen) atoms. The number of hydrogen-bond donors (Lipinski definition) is 1. The van der Waals surface area contributed by atoms with E-state index in [0.717, 1.165) is 29.8 Å². The number of methoxy groups -OCH3 is 2. The number of ether oxygens (including phenoxy) is 2. The summed E-state index contributed by atoms with van der Waals surface area (Å²) in [7, 11) is 3.37. The minimum atomic E-state index is 0.786. The molecular formula is C14H21NO2S. The second-order valence-electron chi connectivity index (χ2n) is 4.44. The lowest BCUT2D eigenvalue weighted by atomic mass is 10.2. The van der Waals surface area contributed by atoms with Crippen LogP contribution in [0.3, 0.4) is 0 Å². The molecule has 1 N–H and O–H groups in total. The fourth-order valence-corrected chi connectivity index (χ4v) is 3.41. The summed E-state index contributed by atoms with van der Waals surface area (Å²) in [6.45, 7) is 1.93. The number of hydrogen-bond acceptors (Lipinski definition) is 4. The molecular weight excluding hydrogens is 246 g/mol. The number of benzene rings is 1. The molecule has 1 saturated heterocycles. The van der Waals surface area contributed by atoms with Crippen molar-refractivity contribution < 1.29 is 9.47 Å². The molecule has 1 aromatic rings. The Labute approximate surface area is 113 Å². The van der Waals surface area contributed by atoms with Crippen molar-refractivity contribution in [3.05, 3.63) is 23.8 Å². The minimum absolute atomic E-state index is 0.786. The monoisotopic (exact) mass is 267 g/mol. The zero-order chi connectivity index (χ0) is 12.8. The van der Waals surface area contributed by atoms with Crippen molar-refractivity contribution in [2.75, 3.05) is 26.5 Å². The molecule has 4 heteroatoms. The second-order valence-corrected chi connectivity index (χ2v) is 5.85. The first-order chi connectivity index (χ1) is 8.83. The predicted octanol–water partition coefficient (Wildman–Crippen LogP) is 2.69. The molecule has 0 aliphatic carbocycles. The highest BCUT2D eigenvalue weighted by Gasteiger charge is 2.15. The topological polar surface area (TPSA) is 30.5 Å². The predicted molar refractivity (Wildman–Crippen MR) is 76.7 cm³/mol. The maximum absolute atomic E-state index is 5.39. The second kappa shape index (κ2) is 6.90. The van der Waals surface area contributed by atoms with E-state index in [9.17, 15) is 0 Å². The number of rotatable bonds is 6. The third-order valence-electron chi connectivity index (χ3n) is 3.21. The van der Waals surface area contributed by atoms with Gasteiger partial charge in [0.2, 0.25) is 0 Å². The Kier molecular flexibility index (Phi) is 5.20. The summed E-state index contributed by atoms with van der Waals surface area (Å²) in [4.78, 5) is 0. The Bertz CT molecular complexity index is 378. The van der Waals surface area contributed by atoms with Gasteiger partial charge in [-0.05, 0) is 24.7 Å². The first-order valence-electron chi connectivity index (χ1n) is 6.36. The number of thioether (sulfide) groups is 1. The first kappa shape index (κ1) is 13.6. The van der Waals surface area contributed by atoms with E-state index in [1.54, 1.807) is 14.2 Å². The standard InChI is InChI=1S/C14H21NO2S/c1-16-12-6-5-11(14(8-12)17-2)9-15-10-13-4-3-7-18-13/h5-6,8,13,15H,3-4,7,9-10H2,1-2H3. The van der Waals surface area contributed by atoms with Crippen LogP contribution >= 0.6 is 11.8 Å². The zero-order valence-corrected chi connectivity index (χ0v) is 11.9. The van der Waals surface area contributed by atoms with Crippen LogP contribution in [-0.4, -0.2) is 31.8 Å². The number of nitrogens with one attached hydrogen (secondary N) is 1. The van der Waals surface area contributed by atoms with Crippen LogP contribution in [0, 0.1) is 0 Å². The lowest BCUT2D eigenvalue weighted by molar-refractivity contribution is 0.390. The van der Waals surface area contributed by atoms with Crippen molar-refractivity contribution in [3.8, 4) is 11.5 Å². The molecule has 3 nitrogen and oxygen atoms in total. The molecule has 1 heterocycles. The van der Waals surface area contributed by atoms with Crippen LogP contribution in [0.4, 0.5) is 0 Å². The van der Waals surface area contributed by atoms with Crippen LogP contribution in [0.5, 0.6) is 11.5 Å². The fraction of sp³-hybridized carbons (Fsp3) is 0.571. The summed E-state index contributed by atoms with van der Waals surface area (Å²) < 4.78 is 10.6. The Balaban J connectivity index is 1.87. The Morgan fingerprint density at radius 1 is 1.33 bits per heavy atom. The molecule has 1 aromatic carbocycles. The van der Waals surface area contributed by atoms with Gasteiger partial charge in [-0.3, -0.25) is 0 Å². The van der Waals surface area contributed by atoms with Gasteiger partial charge in [0.15, 0.2) is 0 Å². The highest BCUT2D eigenvalue weighted by atomic mass is 32.2. The van der Waals surface area contributed by atoms with Crippen molar-refractivity contribution in [2.24, 2.45) is 0 Å². The summed E-state index contributed by atoms with van der Waals surface area (Å²) in [5.41, 5.74) is 1.18. The van der Waals surface area contributed by atoms with Crippen LogP contribution in [0.15, 0.2) is 18.2 Å². The Morgan fingerprint density at radius 2 is 2.22 bits per heavy atom. The molecule has 1 aliphatic rings. The van der Waals surface area contributed by atoms with Crippen molar-refractivity contribution >= 4 is 11.8 Å². The summed E-state index contributed by atoms with van der Waals surface area (Å²) in [5, 5.41) is 4.30. The van der Waals surface area contributed by atoms with Gasteiger partial charge in [0.05, 0.1) is 14.2 Å². The van der Waals surface area contributed by atoms with Crippen LogP contribution in [0.2, 0.25) is 0 Å². The van der Waals surface area contributed by atoms with Crippen molar-refractivity contribution in [1.82, 2.24) is 5.32 Å². The van der Waals surface area contributed by atoms with Gasteiger partial charge in [0.1, 0.15) is 11.5 Å². The van der Waals surface area contributed by atoms with E-state index in [-0.39, 0.29) is 0 Å². The molecule has 100 valence electrons. The highest BCUT2D eigenvalue weighted by molar-refractivity contribution is 8.00. The summed E-state index contributed by atoms with van der Waals surface area (Å²) in [5.74, 6) is 3.04. The van der Waals surface area contributed by atoms with Crippen molar-refractivity contribution in [3.63, 3.8) is 0 Å².